The summed E-state index contributed by atoms with van der Waals surface area (Å²) in [5, 5.41) is 9.17. The van der Waals surface area contributed by atoms with Crippen LogP contribution in [0.5, 0.6) is 5.75 Å². The van der Waals surface area contributed by atoms with E-state index in [2.05, 4.69) is 36.6 Å². The molecule has 3 aliphatic rings. The van der Waals surface area contributed by atoms with Gasteiger partial charge in [-0.25, -0.2) is 9.56 Å². The molecule has 3 N–H and O–H groups in total. The van der Waals surface area contributed by atoms with E-state index in [1.807, 2.05) is 43.4 Å². The number of nitrogens with one attached hydrogen (secondary N) is 3. The van der Waals surface area contributed by atoms with Crippen molar-refractivity contribution in [2.75, 3.05) is 44.0 Å². The van der Waals surface area contributed by atoms with Gasteiger partial charge in [-0.2, -0.15) is 4.98 Å². The molecule has 15 nitrogen and oxygen atoms in total. The van der Waals surface area contributed by atoms with Gasteiger partial charge >= 0.3 is 0 Å². The third-order valence-corrected chi connectivity index (χ3v) is 10.1. The molecule has 2 saturated heterocycles. The number of carbonyl (C=O) groups is 4. The number of ether oxygens (including phenoxy) is 1. The van der Waals surface area contributed by atoms with E-state index in [4.69, 9.17) is 21.3 Å². The maximum Gasteiger partial charge on any atom is 0.293 e. The number of aryl methyl sites for hydroxylation is 1. The number of fused-ring (bicyclic) bond motifs is 2. The minimum Gasteiger partial charge on any atom is -0.478 e. The molecule has 2 aromatic heterocycles. The molecule has 53 heavy (non-hydrogen) atoms. The van der Waals surface area contributed by atoms with Crippen molar-refractivity contribution < 1.29 is 28.5 Å². The van der Waals surface area contributed by atoms with Gasteiger partial charge in [0.15, 0.2) is 24.7 Å². The standard InChI is InChI=1S/C37H38ClN9O6/c1-39-32(49)20-53-30-14-23-13-25(5-7-28(23)45(3)36(30)52)41-33-27(38)15-40-37(43-33)46-11-10-22(18-46)17-44(2)16-21-4-6-26-24(12-21)19-47(35(26)51)29-8-9-31(48)42-34(29)50/h4-7,12-15,17,22,29H,8-11,16,18-20H2,1-3H3,(H2-,39,40,41,42,43,48,49,50)/p+1. The average Bonchev–Trinajstić information content (AvgIpc) is 3.73. The minimum absolute atomic E-state index is 0.0660. The summed E-state index contributed by atoms with van der Waals surface area (Å²) in [5.41, 5.74) is 3.56. The Morgan fingerprint density at radius 2 is 1.96 bits per heavy atom. The predicted octanol–water partition coefficient (Wildman–Crippen LogP) is 2.35. The molecule has 5 heterocycles. The molecule has 0 bridgehead atoms. The molecule has 0 radical (unpaired) electrons. The van der Waals surface area contributed by atoms with E-state index in [0.29, 0.717) is 59.6 Å². The lowest BCUT2D eigenvalue weighted by Gasteiger charge is -2.29. The van der Waals surface area contributed by atoms with Crippen LogP contribution in [0.2, 0.25) is 5.02 Å². The van der Waals surface area contributed by atoms with Gasteiger partial charge in [0.2, 0.25) is 17.8 Å². The Kier molecular flexibility index (Phi) is 9.84. The summed E-state index contributed by atoms with van der Waals surface area (Å²) in [6, 6.07) is 12.3. The van der Waals surface area contributed by atoms with Crippen LogP contribution in [-0.4, -0.2) is 93.7 Å². The number of nitrogens with zero attached hydrogens (tertiary/aromatic N) is 6. The number of benzene rings is 2. The maximum absolute atomic E-state index is 13.1. The molecular formula is C37H39ClN9O6+. The SMILES string of the molecule is CNC(=O)COc1cc2cc(Nc3nc(N4CCC(C=[N+](C)Cc5ccc6c(c5)CN(C5CCC(=O)NC5=O)C6=O)C4)ncc3Cl)ccc2n(C)c1=O. The van der Waals surface area contributed by atoms with E-state index in [1.54, 1.807) is 24.2 Å². The number of carbonyl (C=O) groups excluding carboxylic acids is 4. The van der Waals surface area contributed by atoms with Crippen LogP contribution in [0.3, 0.4) is 0 Å². The third kappa shape index (κ3) is 7.42. The van der Waals surface area contributed by atoms with Crippen molar-refractivity contribution >= 4 is 69.8 Å². The molecule has 2 aromatic carbocycles. The Morgan fingerprint density at radius 1 is 1.13 bits per heavy atom. The first kappa shape index (κ1) is 35.6. The first-order chi connectivity index (χ1) is 25.5. The van der Waals surface area contributed by atoms with Crippen LogP contribution in [0.4, 0.5) is 17.5 Å². The highest BCUT2D eigenvalue weighted by atomic mass is 35.5. The number of anilines is 3. The Bertz CT molecular complexity index is 2260. The molecular weight excluding hydrogens is 702 g/mol. The first-order valence-electron chi connectivity index (χ1n) is 17.3. The number of rotatable bonds is 10. The highest BCUT2D eigenvalue weighted by molar-refractivity contribution is 6.33. The summed E-state index contributed by atoms with van der Waals surface area (Å²) in [6.07, 6.45) is 5.25. The molecule has 274 valence electrons. The van der Waals surface area contributed by atoms with Crippen molar-refractivity contribution in [3.8, 4) is 5.75 Å². The molecule has 0 spiro atoms. The van der Waals surface area contributed by atoms with E-state index < -0.39 is 11.9 Å². The highest BCUT2D eigenvalue weighted by Crippen LogP contribution is 2.30. The van der Waals surface area contributed by atoms with Crippen molar-refractivity contribution in [2.45, 2.75) is 38.4 Å². The summed E-state index contributed by atoms with van der Waals surface area (Å²) in [4.78, 5) is 74.5. The zero-order valence-corrected chi connectivity index (χ0v) is 30.3. The fourth-order valence-corrected chi connectivity index (χ4v) is 7.24. The number of piperidine rings is 1. The predicted molar refractivity (Wildman–Crippen MR) is 198 cm³/mol. The number of hydrogen-bond donors (Lipinski definition) is 3. The average molecular weight is 741 g/mol. The molecule has 2 atom stereocenters. The van der Waals surface area contributed by atoms with Crippen molar-refractivity contribution in [3.05, 3.63) is 80.7 Å². The summed E-state index contributed by atoms with van der Waals surface area (Å²) in [5.74, 6) is 0.0595. The fourth-order valence-electron chi connectivity index (χ4n) is 7.10. The van der Waals surface area contributed by atoms with Gasteiger partial charge in [0.1, 0.15) is 24.3 Å². The van der Waals surface area contributed by atoms with Gasteiger partial charge in [0.05, 0.1) is 17.6 Å². The zero-order chi connectivity index (χ0) is 37.4. The first-order valence-corrected chi connectivity index (χ1v) is 17.7. The van der Waals surface area contributed by atoms with E-state index >= 15 is 0 Å². The number of amides is 4. The van der Waals surface area contributed by atoms with E-state index in [-0.39, 0.29) is 48.0 Å². The topological polar surface area (TPSA) is 171 Å². The number of pyridine rings is 1. The smallest absolute Gasteiger partial charge is 0.293 e. The van der Waals surface area contributed by atoms with E-state index in [9.17, 15) is 24.0 Å². The highest BCUT2D eigenvalue weighted by Gasteiger charge is 2.39. The second-order valence-corrected chi connectivity index (χ2v) is 14.0. The molecule has 2 fully saturated rings. The largest absolute Gasteiger partial charge is 0.478 e. The van der Waals surface area contributed by atoms with Gasteiger partial charge in [0, 0.05) is 62.4 Å². The van der Waals surface area contributed by atoms with Crippen LogP contribution in [0.25, 0.3) is 10.9 Å². The number of hydrogen-bond acceptors (Lipinski definition) is 10. The second kappa shape index (κ2) is 14.7. The van der Waals surface area contributed by atoms with Crippen LogP contribution in [-0.2, 0) is 34.5 Å². The van der Waals surface area contributed by atoms with Crippen LogP contribution in [0, 0.1) is 5.92 Å². The van der Waals surface area contributed by atoms with Gasteiger partial charge in [0.25, 0.3) is 17.4 Å². The quantitative estimate of drug-likeness (QED) is 0.125. The summed E-state index contributed by atoms with van der Waals surface area (Å²) >= 11 is 6.53. The van der Waals surface area contributed by atoms with Crippen molar-refractivity contribution in [3.63, 3.8) is 0 Å². The van der Waals surface area contributed by atoms with Gasteiger partial charge in [-0.1, -0.05) is 17.7 Å². The lowest BCUT2D eigenvalue weighted by atomic mass is 10.0. The molecule has 2 unspecified atom stereocenters. The van der Waals surface area contributed by atoms with Gasteiger partial charge in [-0.05, 0) is 54.8 Å². The summed E-state index contributed by atoms with van der Waals surface area (Å²) < 4.78 is 9.10. The van der Waals surface area contributed by atoms with Crippen LogP contribution >= 0.6 is 11.6 Å². The Labute approximate surface area is 309 Å². The monoisotopic (exact) mass is 740 g/mol. The van der Waals surface area contributed by atoms with Crippen molar-refractivity contribution in [2.24, 2.45) is 13.0 Å². The zero-order valence-electron chi connectivity index (χ0n) is 29.5. The van der Waals surface area contributed by atoms with Gasteiger partial charge in [-0.15, -0.1) is 0 Å². The van der Waals surface area contributed by atoms with Gasteiger partial charge in [-0.3, -0.25) is 29.3 Å². The molecule has 0 aliphatic carbocycles. The Morgan fingerprint density at radius 3 is 2.75 bits per heavy atom. The molecule has 16 heteroatoms. The van der Waals surface area contributed by atoms with Crippen molar-refractivity contribution in [1.29, 1.82) is 0 Å². The lowest BCUT2D eigenvalue weighted by Crippen LogP contribution is -2.52. The summed E-state index contributed by atoms with van der Waals surface area (Å²) in [6.45, 7) is 2.19. The molecule has 4 aromatic rings. The number of imide groups is 1. The van der Waals surface area contributed by atoms with E-state index in [0.717, 1.165) is 29.5 Å². The number of likely N-dealkylation sites (N-methyl/N-ethyl adjacent to an activating group) is 1. The molecule has 7 rings (SSSR count). The minimum atomic E-state index is -0.637. The number of aromatic nitrogens is 3. The molecule has 3 aliphatic heterocycles. The molecule has 4 amide bonds. The number of halogens is 1. The summed E-state index contributed by atoms with van der Waals surface area (Å²) in [7, 11) is 5.17. The van der Waals surface area contributed by atoms with Crippen molar-refractivity contribution in [1.82, 2.24) is 30.1 Å². The van der Waals surface area contributed by atoms with Crippen LogP contribution in [0.1, 0.15) is 40.7 Å². The third-order valence-electron chi connectivity index (χ3n) is 9.82. The van der Waals surface area contributed by atoms with Crippen LogP contribution in [0.15, 0.2) is 53.5 Å². The Balaban J connectivity index is 0.995. The second-order valence-electron chi connectivity index (χ2n) is 13.6. The van der Waals surface area contributed by atoms with E-state index in [1.165, 1.54) is 11.6 Å². The van der Waals surface area contributed by atoms with Gasteiger partial charge < -0.3 is 29.7 Å². The normalized spacial score (nSPS) is 18.7. The maximum atomic E-state index is 13.1. The lowest BCUT2D eigenvalue weighted by molar-refractivity contribution is -0.511. The van der Waals surface area contributed by atoms with Crippen LogP contribution < -0.4 is 31.1 Å². The Hall–Kier alpha value is -5.83. The fraction of sp³-hybridized carbons (Fsp3) is 0.351. The molecule has 0 saturated carbocycles.